The number of fused-ring (bicyclic) bond motifs is 1. The number of aryl methyl sites for hydroxylation is 1. The van der Waals surface area contributed by atoms with E-state index in [4.69, 9.17) is 17.0 Å². The molecule has 0 radical (unpaired) electrons. The van der Waals surface area contributed by atoms with Gasteiger partial charge in [0.15, 0.2) is 0 Å². The average molecular weight is 354 g/mol. The molecule has 0 aliphatic rings. The summed E-state index contributed by atoms with van der Waals surface area (Å²) in [6.45, 7) is 9.53. The molecule has 0 N–H and O–H groups in total. The molecule has 132 valence electrons. The van der Waals surface area contributed by atoms with Gasteiger partial charge >= 0.3 is 16.2 Å². The summed E-state index contributed by atoms with van der Waals surface area (Å²) in [6, 6.07) is 7.38. The molecule has 0 spiro atoms. The Bertz CT molecular complexity index is 840. The number of para-hydroxylation sites is 1. The maximum absolute atomic E-state index is 11.9. The summed E-state index contributed by atoms with van der Waals surface area (Å²) in [7, 11) is -3.11. The first-order valence-corrected chi connectivity index (χ1v) is 8.54. The van der Waals surface area contributed by atoms with E-state index in [1.165, 1.54) is 0 Å². The molecule has 7 heteroatoms. The number of carbonyl (C=O) groups excluding carboxylic acids is 1. The summed E-state index contributed by atoms with van der Waals surface area (Å²) in [6.07, 6.45) is 0.149. The molecule has 0 bridgehead atoms. The van der Waals surface area contributed by atoms with Gasteiger partial charge in [-0.1, -0.05) is 45.9 Å². The molecule has 0 saturated carbocycles. The maximum atomic E-state index is 11.9. The fraction of sp³-hybridized carbons (Fsp3) is 0.412. The Morgan fingerprint density at radius 2 is 1.62 bits per heavy atom. The zero-order valence-electron chi connectivity index (χ0n) is 14.5. The molecule has 0 amide bonds. The molecule has 0 aliphatic heterocycles. The number of benzene rings is 1. The van der Waals surface area contributed by atoms with Gasteiger partial charge in [0.05, 0.1) is 0 Å². The number of hydrogen-bond acceptors (Lipinski definition) is 6. The van der Waals surface area contributed by atoms with Crippen LogP contribution in [0.15, 0.2) is 33.5 Å². The van der Waals surface area contributed by atoms with Crippen LogP contribution in [0.5, 0.6) is 0 Å². The fourth-order valence-electron chi connectivity index (χ4n) is 1.93. The van der Waals surface area contributed by atoms with Gasteiger partial charge in [0, 0.05) is 23.3 Å². The number of ketones is 1. The molecule has 6 nitrogen and oxygen atoms in total. The second-order valence-electron chi connectivity index (χ2n) is 4.99. The van der Waals surface area contributed by atoms with Gasteiger partial charge < -0.3 is 4.42 Å². The van der Waals surface area contributed by atoms with Crippen LogP contribution in [-0.4, -0.2) is 18.4 Å². The lowest BCUT2D eigenvalue weighted by Gasteiger charge is -2.08. The highest BCUT2D eigenvalue weighted by molar-refractivity contribution is 7.59. The summed E-state index contributed by atoms with van der Waals surface area (Å²) in [5, 5.41) is 0.892. The second kappa shape index (κ2) is 10.5. The van der Waals surface area contributed by atoms with Crippen molar-refractivity contribution < 1.29 is 21.8 Å². The summed E-state index contributed by atoms with van der Waals surface area (Å²) in [4.78, 5) is 23.7. The van der Waals surface area contributed by atoms with Crippen molar-refractivity contribution in [2.75, 3.05) is 0 Å². The molecule has 1 heterocycles. The Hall–Kier alpha value is -2.28. The third-order valence-corrected chi connectivity index (χ3v) is 3.19. The Morgan fingerprint density at radius 1 is 1.12 bits per heavy atom. The zero-order chi connectivity index (χ0) is 18.9. The Labute approximate surface area is 142 Å². The van der Waals surface area contributed by atoms with Crippen LogP contribution in [0, 0.1) is 12.8 Å². The van der Waals surface area contributed by atoms with Crippen molar-refractivity contribution in [2.45, 2.75) is 41.0 Å². The van der Waals surface area contributed by atoms with E-state index in [0.29, 0.717) is 11.1 Å². The van der Waals surface area contributed by atoms with Crippen molar-refractivity contribution >= 4 is 27.4 Å². The van der Waals surface area contributed by atoms with Gasteiger partial charge in [-0.3, -0.25) is 4.79 Å². The minimum atomic E-state index is -3.11. The Morgan fingerprint density at radius 3 is 2.12 bits per heavy atom. The van der Waals surface area contributed by atoms with E-state index in [0.717, 1.165) is 10.9 Å². The minimum Gasteiger partial charge on any atom is -0.423 e. The van der Waals surface area contributed by atoms with Crippen LogP contribution in [0.1, 0.15) is 38.8 Å². The summed E-state index contributed by atoms with van der Waals surface area (Å²) < 4.78 is 30.6. The van der Waals surface area contributed by atoms with E-state index < -0.39 is 16.2 Å². The van der Waals surface area contributed by atoms with E-state index in [9.17, 15) is 9.59 Å². The largest absolute Gasteiger partial charge is 0.425 e. The van der Waals surface area contributed by atoms with Gasteiger partial charge in [0.1, 0.15) is 11.4 Å². The summed E-state index contributed by atoms with van der Waals surface area (Å²) >= 11 is 0. The molecule has 0 atom stereocenters. The molecule has 2 rings (SSSR count). The van der Waals surface area contributed by atoms with Gasteiger partial charge in [0.25, 0.3) is 0 Å². The van der Waals surface area contributed by atoms with Crippen molar-refractivity contribution in [3.05, 3.63) is 45.8 Å². The third kappa shape index (κ3) is 6.45. The lowest BCUT2D eigenvalue weighted by Crippen LogP contribution is -2.18. The van der Waals surface area contributed by atoms with E-state index >= 15 is 0 Å². The van der Waals surface area contributed by atoms with E-state index in [1.54, 1.807) is 6.07 Å². The molecule has 0 aliphatic carbocycles. The number of Topliss-reactive ketones (excluding diaryl/α,β-unsaturated/α-hetero) is 1. The highest BCUT2D eigenvalue weighted by Gasteiger charge is 2.16. The van der Waals surface area contributed by atoms with Crippen molar-refractivity contribution in [3.63, 3.8) is 0 Å². The van der Waals surface area contributed by atoms with Crippen molar-refractivity contribution in [2.24, 2.45) is 5.92 Å². The predicted octanol–water partition coefficient (Wildman–Crippen LogP) is 2.89. The highest BCUT2D eigenvalue weighted by Crippen LogP contribution is 2.19. The van der Waals surface area contributed by atoms with Gasteiger partial charge in [-0.25, -0.2) is 4.79 Å². The summed E-state index contributed by atoms with van der Waals surface area (Å²) in [5.74, 6) is -0.0176. The molecule has 0 unspecified atom stereocenters. The maximum Gasteiger partial charge on any atom is 0.425 e. The zero-order valence-corrected chi connectivity index (χ0v) is 15.3. The van der Waals surface area contributed by atoms with E-state index in [-0.39, 0.29) is 18.1 Å². The van der Waals surface area contributed by atoms with Crippen molar-refractivity contribution in [3.8, 4) is 0 Å². The van der Waals surface area contributed by atoms with Gasteiger partial charge in [-0.15, -0.1) is 12.6 Å². The molecule has 1 aromatic heterocycles. The van der Waals surface area contributed by atoms with Crippen LogP contribution in [0.2, 0.25) is 0 Å². The normalized spacial score (nSPS) is 9.58. The number of carbonyl (C=O) groups is 1. The smallest absolute Gasteiger partial charge is 0.423 e. The fourth-order valence-corrected chi connectivity index (χ4v) is 1.93. The van der Waals surface area contributed by atoms with Crippen molar-refractivity contribution in [1.29, 1.82) is 0 Å². The van der Waals surface area contributed by atoms with Crippen LogP contribution in [-0.2, 0) is 21.8 Å². The standard InChI is InChI=1S/C15H16O3.C2H6.O3S/c1-9(2)13(16)8-12-10(3)11-6-4-5-7-14(11)18-15(12)17;1-2;1-4(2)3/h4-7,9H,8H2,1-3H3;1-2H3;. The highest BCUT2D eigenvalue weighted by atomic mass is 32.2. The first kappa shape index (κ1) is 21.7. The topological polar surface area (TPSA) is 98.5 Å². The Kier molecular flexibility index (Phi) is 9.49. The van der Waals surface area contributed by atoms with E-state index in [1.807, 2.05) is 52.8 Å². The second-order valence-corrected chi connectivity index (χ2v) is 5.40. The van der Waals surface area contributed by atoms with Gasteiger partial charge in [-0.05, 0) is 18.6 Å². The van der Waals surface area contributed by atoms with Crippen LogP contribution in [0.3, 0.4) is 0 Å². The average Bonchev–Trinajstić information content (AvgIpc) is 2.52. The minimum absolute atomic E-state index is 0.0562. The summed E-state index contributed by atoms with van der Waals surface area (Å²) in [5.41, 5.74) is 1.49. The Balaban J connectivity index is 0.000000773. The van der Waals surface area contributed by atoms with E-state index in [2.05, 4.69) is 0 Å². The van der Waals surface area contributed by atoms with Gasteiger partial charge in [0.2, 0.25) is 0 Å². The quantitative estimate of drug-likeness (QED) is 0.786. The third-order valence-electron chi connectivity index (χ3n) is 3.19. The number of hydrogen-bond donors (Lipinski definition) is 0. The molecule has 2 aromatic rings. The van der Waals surface area contributed by atoms with Crippen LogP contribution in [0.25, 0.3) is 11.0 Å². The van der Waals surface area contributed by atoms with Crippen LogP contribution in [0.4, 0.5) is 0 Å². The first-order chi connectivity index (χ1) is 11.2. The monoisotopic (exact) mass is 354 g/mol. The lowest BCUT2D eigenvalue weighted by atomic mass is 9.97. The van der Waals surface area contributed by atoms with Gasteiger partial charge in [-0.2, -0.15) is 0 Å². The molecule has 0 saturated heterocycles. The molecular formula is C17H22O6S. The molecule has 0 fully saturated rings. The molecular weight excluding hydrogens is 332 g/mol. The van der Waals surface area contributed by atoms with Crippen LogP contribution < -0.4 is 5.63 Å². The molecule has 24 heavy (non-hydrogen) atoms. The lowest BCUT2D eigenvalue weighted by molar-refractivity contribution is -0.121. The molecule has 1 aromatic carbocycles. The SMILES string of the molecule is CC.Cc1c(CC(=O)C(C)C)c(=O)oc2ccccc12.O=S(=O)=O. The van der Waals surface area contributed by atoms with Crippen molar-refractivity contribution in [1.82, 2.24) is 0 Å². The van der Waals surface area contributed by atoms with Crippen LogP contribution >= 0.6 is 0 Å². The predicted molar refractivity (Wildman–Crippen MR) is 91.8 cm³/mol. The number of rotatable bonds is 3. The first-order valence-electron chi connectivity index (χ1n) is 7.54.